The number of halogens is 1. The van der Waals surface area contributed by atoms with Crippen LogP contribution in [0.15, 0.2) is 36.7 Å². The van der Waals surface area contributed by atoms with E-state index in [2.05, 4.69) is 21.8 Å². The summed E-state index contributed by atoms with van der Waals surface area (Å²) in [4.78, 5) is 4.28. The molecule has 0 aliphatic rings. The number of imidazole rings is 1. The highest BCUT2D eigenvalue weighted by Crippen LogP contribution is 2.18. The summed E-state index contributed by atoms with van der Waals surface area (Å²) in [5.41, 5.74) is 0.918. The molecule has 0 fully saturated rings. The van der Waals surface area contributed by atoms with Gasteiger partial charge in [0.2, 0.25) is 5.95 Å². The van der Waals surface area contributed by atoms with Crippen LogP contribution < -0.4 is 5.32 Å². The maximum absolute atomic E-state index is 13.2. The van der Waals surface area contributed by atoms with Crippen LogP contribution in [0.1, 0.15) is 31.9 Å². The lowest BCUT2D eigenvalue weighted by Gasteiger charge is -2.16. The van der Waals surface area contributed by atoms with Gasteiger partial charge in [0.1, 0.15) is 5.82 Å². The van der Waals surface area contributed by atoms with Crippen LogP contribution in [0.25, 0.3) is 0 Å². The number of hydrogen-bond acceptors (Lipinski definition) is 2. The van der Waals surface area contributed by atoms with Gasteiger partial charge in [0.25, 0.3) is 0 Å². The lowest BCUT2D eigenvalue weighted by molar-refractivity contribution is 0.623. The third-order valence-corrected chi connectivity index (χ3v) is 2.87. The lowest BCUT2D eigenvalue weighted by Crippen LogP contribution is -2.11. The van der Waals surface area contributed by atoms with Crippen molar-refractivity contribution in [1.82, 2.24) is 9.55 Å². The number of anilines is 1. The molecular weight excluding hydrogens is 229 g/mol. The molecule has 0 saturated heterocycles. The molecule has 0 aliphatic heterocycles. The molecule has 0 amide bonds. The molecule has 96 valence electrons. The standard InChI is InChI=1S/C14H18FN3/c1-3-8-18-9-7-16-14(18)17-11(2)12-5-4-6-13(15)10-12/h4-7,9-11H,3,8H2,1-2H3,(H,16,17). The second-order valence-corrected chi connectivity index (χ2v) is 4.37. The third kappa shape index (κ3) is 2.88. The molecule has 2 rings (SSSR count). The van der Waals surface area contributed by atoms with E-state index < -0.39 is 0 Å². The number of aromatic nitrogens is 2. The van der Waals surface area contributed by atoms with Crippen LogP contribution in [-0.2, 0) is 6.54 Å². The normalized spacial score (nSPS) is 12.4. The topological polar surface area (TPSA) is 29.9 Å². The minimum Gasteiger partial charge on any atom is -0.349 e. The average molecular weight is 247 g/mol. The van der Waals surface area contributed by atoms with Crippen LogP contribution in [0, 0.1) is 5.82 Å². The van der Waals surface area contributed by atoms with Crippen LogP contribution >= 0.6 is 0 Å². The Kier molecular flexibility index (Phi) is 3.97. The summed E-state index contributed by atoms with van der Waals surface area (Å²) >= 11 is 0. The van der Waals surface area contributed by atoms with E-state index in [0.29, 0.717) is 0 Å². The highest BCUT2D eigenvalue weighted by molar-refractivity contribution is 5.32. The first kappa shape index (κ1) is 12.6. The van der Waals surface area contributed by atoms with Gasteiger partial charge in [0, 0.05) is 18.9 Å². The lowest BCUT2D eigenvalue weighted by atomic mass is 10.1. The Bertz CT molecular complexity index is 507. The smallest absolute Gasteiger partial charge is 0.203 e. The molecule has 0 radical (unpaired) electrons. The maximum atomic E-state index is 13.2. The van der Waals surface area contributed by atoms with E-state index in [4.69, 9.17) is 0 Å². The van der Waals surface area contributed by atoms with E-state index >= 15 is 0 Å². The number of rotatable bonds is 5. The highest BCUT2D eigenvalue weighted by Gasteiger charge is 2.09. The third-order valence-electron chi connectivity index (χ3n) is 2.87. The fourth-order valence-corrected chi connectivity index (χ4v) is 1.92. The van der Waals surface area contributed by atoms with Crippen LogP contribution in [0.2, 0.25) is 0 Å². The molecule has 1 unspecified atom stereocenters. The van der Waals surface area contributed by atoms with E-state index in [9.17, 15) is 4.39 Å². The first-order valence-corrected chi connectivity index (χ1v) is 6.24. The van der Waals surface area contributed by atoms with Crippen LogP contribution in [-0.4, -0.2) is 9.55 Å². The van der Waals surface area contributed by atoms with Crippen molar-refractivity contribution in [3.05, 3.63) is 48.0 Å². The average Bonchev–Trinajstić information content (AvgIpc) is 2.77. The second-order valence-electron chi connectivity index (χ2n) is 4.37. The fourth-order valence-electron chi connectivity index (χ4n) is 1.92. The molecule has 0 spiro atoms. The fraction of sp³-hybridized carbons (Fsp3) is 0.357. The molecule has 1 aromatic carbocycles. The molecule has 1 aromatic heterocycles. The molecule has 1 heterocycles. The number of nitrogens with one attached hydrogen (secondary N) is 1. The molecule has 1 N–H and O–H groups in total. The molecule has 1 atom stereocenters. The van der Waals surface area contributed by atoms with Crippen molar-refractivity contribution in [2.45, 2.75) is 32.9 Å². The van der Waals surface area contributed by atoms with Gasteiger partial charge in [-0.3, -0.25) is 0 Å². The van der Waals surface area contributed by atoms with Gasteiger partial charge in [-0.05, 0) is 31.0 Å². The largest absolute Gasteiger partial charge is 0.349 e. The minimum absolute atomic E-state index is 0.0266. The zero-order valence-electron chi connectivity index (χ0n) is 10.7. The van der Waals surface area contributed by atoms with E-state index in [1.165, 1.54) is 6.07 Å². The van der Waals surface area contributed by atoms with E-state index in [1.807, 2.05) is 19.2 Å². The van der Waals surface area contributed by atoms with Gasteiger partial charge in [0.15, 0.2) is 0 Å². The molecule has 4 heteroatoms. The number of hydrogen-bond donors (Lipinski definition) is 1. The Morgan fingerprint density at radius 3 is 3.00 bits per heavy atom. The zero-order chi connectivity index (χ0) is 13.0. The number of nitrogens with zero attached hydrogens (tertiary/aromatic N) is 2. The highest BCUT2D eigenvalue weighted by atomic mass is 19.1. The Hall–Kier alpha value is -1.84. The second kappa shape index (κ2) is 5.67. The zero-order valence-corrected chi connectivity index (χ0v) is 10.7. The predicted octanol–water partition coefficient (Wildman–Crippen LogP) is 3.61. The van der Waals surface area contributed by atoms with Gasteiger partial charge in [-0.25, -0.2) is 9.37 Å². The molecule has 3 nitrogen and oxygen atoms in total. The molecule has 2 aromatic rings. The first-order valence-electron chi connectivity index (χ1n) is 6.24. The van der Waals surface area contributed by atoms with Gasteiger partial charge in [-0.2, -0.15) is 0 Å². The predicted molar refractivity (Wildman–Crippen MR) is 71.0 cm³/mol. The monoisotopic (exact) mass is 247 g/mol. The Morgan fingerprint density at radius 2 is 2.28 bits per heavy atom. The quantitative estimate of drug-likeness (QED) is 0.874. The summed E-state index contributed by atoms with van der Waals surface area (Å²) in [6.07, 6.45) is 4.78. The van der Waals surface area contributed by atoms with E-state index in [1.54, 1.807) is 18.3 Å². The van der Waals surface area contributed by atoms with Crippen molar-refractivity contribution < 1.29 is 4.39 Å². The van der Waals surface area contributed by atoms with Gasteiger partial charge >= 0.3 is 0 Å². The Morgan fingerprint density at radius 1 is 1.44 bits per heavy atom. The van der Waals surface area contributed by atoms with Gasteiger partial charge in [-0.1, -0.05) is 19.1 Å². The summed E-state index contributed by atoms with van der Waals surface area (Å²) in [5, 5.41) is 3.30. The van der Waals surface area contributed by atoms with Crippen LogP contribution in [0.3, 0.4) is 0 Å². The van der Waals surface area contributed by atoms with Crippen molar-refractivity contribution in [3.63, 3.8) is 0 Å². The van der Waals surface area contributed by atoms with Crippen LogP contribution in [0.4, 0.5) is 10.3 Å². The first-order chi connectivity index (χ1) is 8.70. The van der Waals surface area contributed by atoms with Crippen molar-refractivity contribution in [2.24, 2.45) is 0 Å². The molecule has 18 heavy (non-hydrogen) atoms. The minimum atomic E-state index is -0.210. The summed E-state index contributed by atoms with van der Waals surface area (Å²) in [6, 6.07) is 6.66. The van der Waals surface area contributed by atoms with Crippen LogP contribution in [0.5, 0.6) is 0 Å². The summed E-state index contributed by atoms with van der Waals surface area (Å²) < 4.78 is 15.2. The van der Waals surface area contributed by atoms with Gasteiger partial charge in [-0.15, -0.1) is 0 Å². The van der Waals surface area contributed by atoms with Crippen molar-refractivity contribution in [1.29, 1.82) is 0 Å². The molecule has 0 aliphatic carbocycles. The van der Waals surface area contributed by atoms with Crippen molar-refractivity contribution in [3.8, 4) is 0 Å². The maximum Gasteiger partial charge on any atom is 0.203 e. The van der Waals surface area contributed by atoms with Crippen molar-refractivity contribution in [2.75, 3.05) is 5.32 Å². The summed E-state index contributed by atoms with van der Waals surface area (Å²) in [5.74, 6) is 0.617. The molecular formula is C14H18FN3. The van der Waals surface area contributed by atoms with Gasteiger partial charge < -0.3 is 9.88 Å². The number of aryl methyl sites for hydroxylation is 1. The summed E-state index contributed by atoms with van der Waals surface area (Å²) in [7, 11) is 0. The van der Waals surface area contributed by atoms with E-state index in [-0.39, 0.29) is 11.9 Å². The molecule has 0 bridgehead atoms. The van der Waals surface area contributed by atoms with Gasteiger partial charge in [0.05, 0.1) is 6.04 Å². The van der Waals surface area contributed by atoms with Crippen molar-refractivity contribution >= 4 is 5.95 Å². The Balaban J connectivity index is 2.11. The molecule has 0 saturated carbocycles. The summed E-state index contributed by atoms with van der Waals surface area (Å²) in [6.45, 7) is 5.05. The van der Waals surface area contributed by atoms with E-state index in [0.717, 1.165) is 24.5 Å². The number of benzene rings is 1. The Labute approximate surface area is 107 Å². The SMILES string of the molecule is CCCn1ccnc1NC(C)c1cccc(F)c1.